The molecule has 0 amide bonds. The van der Waals surface area contributed by atoms with E-state index in [1.807, 2.05) is 24.3 Å². The van der Waals surface area contributed by atoms with Gasteiger partial charge in [0.25, 0.3) is 0 Å². The second-order valence-corrected chi connectivity index (χ2v) is 8.14. The Kier molecular flexibility index (Phi) is 3.70. The molecule has 98 valence electrons. The van der Waals surface area contributed by atoms with Crippen LogP contribution in [0.1, 0.15) is 18.9 Å². The summed E-state index contributed by atoms with van der Waals surface area (Å²) in [4.78, 5) is 4.44. The van der Waals surface area contributed by atoms with Gasteiger partial charge < -0.3 is 0 Å². The normalized spacial score (nSPS) is 12.7. The van der Waals surface area contributed by atoms with Crippen LogP contribution < -0.4 is 0 Å². The zero-order valence-electron chi connectivity index (χ0n) is 10.6. The van der Waals surface area contributed by atoms with Crippen LogP contribution in [0.5, 0.6) is 0 Å². The molecule has 6 heteroatoms. The van der Waals surface area contributed by atoms with E-state index in [4.69, 9.17) is 0 Å². The summed E-state index contributed by atoms with van der Waals surface area (Å²) in [6.45, 7) is 3.70. The van der Waals surface area contributed by atoms with Crippen molar-refractivity contribution in [3.05, 3.63) is 29.3 Å². The predicted molar refractivity (Wildman–Crippen MR) is 75.1 cm³/mol. The van der Waals surface area contributed by atoms with Gasteiger partial charge in [-0.15, -0.1) is 11.3 Å². The minimum absolute atomic E-state index is 0.333. The van der Waals surface area contributed by atoms with Crippen molar-refractivity contribution in [3.8, 4) is 0 Å². The fraction of sp³-hybridized carbons (Fsp3) is 0.417. The van der Waals surface area contributed by atoms with Crippen molar-refractivity contribution >= 4 is 31.6 Å². The number of thiazole rings is 1. The number of fused-ring (bicyclic) bond motifs is 1. The fourth-order valence-electron chi connectivity index (χ4n) is 1.63. The maximum Gasteiger partial charge on any atom is 0.216 e. The SMILES string of the molecule is CC(C)S(=O)(=O)N(C)Cc1nc2ccccc2s1. The van der Waals surface area contributed by atoms with E-state index in [1.165, 1.54) is 15.6 Å². The summed E-state index contributed by atoms with van der Waals surface area (Å²) in [6, 6.07) is 7.82. The zero-order chi connectivity index (χ0) is 13.3. The Balaban J connectivity index is 2.24. The first-order chi connectivity index (χ1) is 8.41. The monoisotopic (exact) mass is 284 g/mol. The highest BCUT2D eigenvalue weighted by Crippen LogP contribution is 2.23. The Hall–Kier alpha value is -0.980. The molecule has 1 aromatic carbocycles. The molecule has 0 aliphatic carbocycles. The Morgan fingerprint density at radius 3 is 2.61 bits per heavy atom. The zero-order valence-corrected chi connectivity index (χ0v) is 12.3. The molecule has 0 aliphatic rings. The molecule has 1 aromatic heterocycles. The summed E-state index contributed by atoms with van der Waals surface area (Å²) in [6.07, 6.45) is 0. The van der Waals surface area contributed by atoms with E-state index in [1.54, 1.807) is 20.9 Å². The summed E-state index contributed by atoms with van der Waals surface area (Å²) >= 11 is 1.54. The van der Waals surface area contributed by atoms with Crippen molar-refractivity contribution in [2.75, 3.05) is 7.05 Å². The van der Waals surface area contributed by atoms with E-state index >= 15 is 0 Å². The lowest BCUT2D eigenvalue weighted by Crippen LogP contribution is -2.32. The van der Waals surface area contributed by atoms with Gasteiger partial charge in [0.1, 0.15) is 5.01 Å². The molecular weight excluding hydrogens is 268 g/mol. The summed E-state index contributed by atoms with van der Waals surface area (Å²) in [5, 5.41) is 0.416. The van der Waals surface area contributed by atoms with Gasteiger partial charge in [-0.2, -0.15) is 4.31 Å². The van der Waals surface area contributed by atoms with Crippen molar-refractivity contribution in [1.29, 1.82) is 0 Å². The molecule has 0 fully saturated rings. The number of rotatable bonds is 4. The van der Waals surface area contributed by atoms with Gasteiger partial charge in [0.15, 0.2) is 0 Å². The summed E-state index contributed by atoms with van der Waals surface area (Å²) in [5.41, 5.74) is 0.924. The van der Waals surface area contributed by atoms with Gasteiger partial charge >= 0.3 is 0 Å². The first kappa shape index (κ1) is 13.5. The molecule has 0 saturated carbocycles. The van der Waals surface area contributed by atoms with Crippen LogP contribution in [0.25, 0.3) is 10.2 Å². The topological polar surface area (TPSA) is 50.3 Å². The molecule has 0 bridgehead atoms. The lowest BCUT2D eigenvalue weighted by Gasteiger charge is -2.18. The van der Waals surface area contributed by atoms with Crippen molar-refractivity contribution in [2.24, 2.45) is 0 Å². The van der Waals surface area contributed by atoms with Crippen LogP contribution in [0.15, 0.2) is 24.3 Å². The molecule has 0 saturated heterocycles. The van der Waals surface area contributed by atoms with Crippen molar-refractivity contribution in [1.82, 2.24) is 9.29 Å². The van der Waals surface area contributed by atoms with Crippen molar-refractivity contribution in [2.45, 2.75) is 25.6 Å². The van der Waals surface area contributed by atoms with Gasteiger partial charge in [-0.05, 0) is 26.0 Å². The van der Waals surface area contributed by atoms with Crippen LogP contribution in [0, 0.1) is 0 Å². The quantitative estimate of drug-likeness (QED) is 0.866. The van der Waals surface area contributed by atoms with Crippen LogP contribution in [0.2, 0.25) is 0 Å². The van der Waals surface area contributed by atoms with E-state index < -0.39 is 15.3 Å². The molecular formula is C12H16N2O2S2. The van der Waals surface area contributed by atoms with Crippen LogP contribution in [-0.4, -0.2) is 30.0 Å². The lowest BCUT2D eigenvalue weighted by molar-refractivity contribution is 0.459. The molecule has 0 atom stereocenters. The number of aromatic nitrogens is 1. The van der Waals surface area contributed by atoms with Crippen LogP contribution in [-0.2, 0) is 16.6 Å². The molecule has 0 radical (unpaired) electrons. The van der Waals surface area contributed by atoms with Crippen LogP contribution >= 0.6 is 11.3 Å². The van der Waals surface area contributed by atoms with Crippen molar-refractivity contribution < 1.29 is 8.42 Å². The highest BCUT2D eigenvalue weighted by atomic mass is 32.2. The fourth-order valence-corrected chi connectivity index (χ4v) is 3.75. The van der Waals surface area contributed by atoms with Gasteiger partial charge in [-0.25, -0.2) is 13.4 Å². The van der Waals surface area contributed by atoms with E-state index in [-0.39, 0.29) is 0 Å². The van der Waals surface area contributed by atoms with Crippen LogP contribution in [0.4, 0.5) is 0 Å². The molecule has 0 spiro atoms. The van der Waals surface area contributed by atoms with E-state index in [2.05, 4.69) is 4.98 Å². The average Bonchev–Trinajstić information content (AvgIpc) is 2.70. The third-order valence-corrected chi connectivity index (χ3v) is 5.94. The van der Waals surface area contributed by atoms with E-state index in [0.29, 0.717) is 6.54 Å². The summed E-state index contributed by atoms with van der Waals surface area (Å²) in [5.74, 6) is 0. The van der Waals surface area contributed by atoms with Crippen LogP contribution in [0.3, 0.4) is 0 Å². The first-order valence-electron chi connectivity index (χ1n) is 5.71. The highest BCUT2D eigenvalue weighted by Gasteiger charge is 2.23. The van der Waals surface area contributed by atoms with Gasteiger partial charge in [0.2, 0.25) is 10.0 Å². The summed E-state index contributed by atoms with van der Waals surface area (Å²) in [7, 11) is -1.61. The Bertz CT molecular complexity index is 614. The minimum atomic E-state index is -3.21. The van der Waals surface area contributed by atoms with E-state index in [9.17, 15) is 8.42 Å². The Morgan fingerprint density at radius 2 is 2.00 bits per heavy atom. The third kappa shape index (κ3) is 2.55. The molecule has 0 unspecified atom stereocenters. The molecule has 1 heterocycles. The lowest BCUT2D eigenvalue weighted by atomic mass is 10.3. The van der Waals surface area contributed by atoms with Gasteiger partial charge in [-0.1, -0.05) is 12.1 Å². The maximum atomic E-state index is 12.0. The summed E-state index contributed by atoms with van der Waals surface area (Å²) < 4.78 is 26.4. The Labute approximate surface area is 111 Å². The molecule has 18 heavy (non-hydrogen) atoms. The number of hydrogen-bond donors (Lipinski definition) is 0. The number of nitrogens with zero attached hydrogens (tertiary/aromatic N) is 2. The van der Waals surface area contributed by atoms with Gasteiger partial charge in [-0.3, -0.25) is 0 Å². The highest BCUT2D eigenvalue weighted by molar-refractivity contribution is 7.89. The minimum Gasteiger partial charge on any atom is -0.240 e. The molecule has 0 aliphatic heterocycles. The van der Waals surface area contributed by atoms with Gasteiger partial charge in [0.05, 0.1) is 22.0 Å². The largest absolute Gasteiger partial charge is 0.240 e. The second-order valence-electron chi connectivity index (χ2n) is 4.43. The maximum absolute atomic E-state index is 12.0. The number of hydrogen-bond acceptors (Lipinski definition) is 4. The van der Waals surface area contributed by atoms with Crippen molar-refractivity contribution in [3.63, 3.8) is 0 Å². The number of benzene rings is 1. The predicted octanol–water partition coefficient (Wildman–Crippen LogP) is 2.47. The second kappa shape index (κ2) is 4.95. The molecule has 2 aromatic rings. The average molecular weight is 284 g/mol. The number of para-hydroxylation sites is 1. The Morgan fingerprint density at radius 1 is 1.33 bits per heavy atom. The number of sulfonamides is 1. The standard InChI is InChI=1S/C12H16N2O2S2/c1-9(2)18(15,16)14(3)8-12-13-10-6-4-5-7-11(10)17-12/h4-7,9H,8H2,1-3H3. The first-order valence-corrected chi connectivity index (χ1v) is 8.03. The molecule has 0 N–H and O–H groups in total. The molecule has 2 rings (SSSR count). The third-order valence-electron chi connectivity index (χ3n) is 2.73. The smallest absolute Gasteiger partial charge is 0.216 e. The molecule has 4 nitrogen and oxygen atoms in total. The van der Waals surface area contributed by atoms with Gasteiger partial charge in [0, 0.05) is 7.05 Å². The van der Waals surface area contributed by atoms with E-state index in [0.717, 1.165) is 15.2 Å².